The molecule has 3 aromatic rings. The number of nitrogen functional groups attached to an aromatic ring is 1. The maximum atomic E-state index is 13.8. The van der Waals surface area contributed by atoms with Crippen LogP contribution in [-0.4, -0.2) is 22.8 Å². The number of anilines is 3. The number of hydrogen-bond donors (Lipinski definition) is 4. The molecule has 1 aromatic heterocycles. The lowest BCUT2D eigenvalue weighted by molar-refractivity contribution is -0.155. The lowest BCUT2D eigenvalue weighted by Crippen LogP contribution is -2.42. The van der Waals surface area contributed by atoms with Gasteiger partial charge < -0.3 is 25.5 Å². The molecule has 12 heteroatoms. The van der Waals surface area contributed by atoms with E-state index < -0.39 is 28.0 Å². The number of carbonyl (C=O) groups is 2. The number of para-hydroxylation sites is 1. The van der Waals surface area contributed by atoms with Crippen LogP contribution in [0.25, 0.3) is 0 Å². The van der Waals surface area contributed by atoms with Crippen LogP contribution in [-0.2, 0) is 21.6 Å². The second-order valence-corrected chi connectivity index (χ2v) is 10.7. The van der Waals surface area contributed by atoms with Crippen molar-refractivity contribution in [1.29, 1.82) is 0 Å². The van der Waals surface area contributed by atoms with Crippen molar-refractivity contribution in [3.05, 3.63) is 70.8 Å². The Hall–Kier alpha value is -3.28. The summed E-state index contributed by atoms with van der Waals surface area (Å²) in [6.07, 6.45) is 2.97. The van der Waals surface area contributed by atoms with Crippen molar-refractivity contribution in [2.24, 2.45) is 5.41 Å². The molecule has 0 bridgehead atoms. The van der Waals surface area contributed by atoms with Crippen LogP contribution in [0.3, 0.4) is 0 Å². The van der Waals surface area contributed by atoms with Crippen molar-refractivity contribution in [3.8, 4) is 0 Å². The van der Waals surface area contributed by atoms with Gasteiger partial charge >= 0.3 is 5.97 Å². The van der Waals surface area contributed by atoms with E-state index in [9.17, 15) is 14.0 Å². The molecule has 1 amide bonds. The molecular weight excluding hydrogens is 521 g/mol. The van der Waals surface area contributed by atoms with Gasteiger partial charge in [0.2, 0.25) is 0 Å². The Kier molecular flexibility index (Phi) is 9.06. The first-order chi connectivity index (χ1) is 17.4. The van der Waals surface area contributed by atoms with Gasteiger partial charge in [0.1, 0.15) is 18.7 Å². The molecule has 0 fully saturated rings. The van der Waals surface area contributed by atoms with Crippen LogP contribution in [0.2, 0.25) is 5.02 Å². The third-order valence-electron chi connectivity index (χ3n) is 5.33. The monoisotopic (exact) mass is 549 g/mol. The molecule has 0 spiro atoms. The van der Waals surface area contributed by atoms with Gasteiger partial charge in [-0.3, -0.25) is 9.59 Å². The van der Waals surface area contributed by atoms with Gasteiger partial charge in [-0.15, -0.1) is 0 Å². The van der Waals surface area contributed by atoms with Crippen molar-refractivity contribution in [1.82, 2.24) is 9.71 Å². The molecule has 0 aliphatic rings. The Bertz CT molecular complexity index is 1250. The van der Waals surface area contributed by atoms with E-state index in [0.717, 1.165) is 17.5 Å². The van der Waals surface area contributed by atoms with Gasteiger partial charge in [-0.2, -0.15) is 0 Å². The number of carbonyl (C=O) groups excluding carboxylic acids is 2. The Balaban J connectivity index is 1.70. The minimum absolute atomic E-state index is 0.0925. The summed E-state index contributed by atoms with van der Waals surface area (Å²) in [6.45, 7) is 7.12. The average molecular weight is 550 g/mol. The zero-order valence-corrected chi connectivity index (χ0v) is 22.4. The third-order valence-corrected chi connectivity index (χ3v) is 6.46. The van der Waals surface area contributed by atoms with E-state index in [0.29, 0.717) is 29.5 Å². The quantitative estimate of drug-likeness (QED) is 0.145. The first-order valence-electron chi connectivity index (χ1n) is 11.3. The third kappa shape index (κ3) is 7.61. The number of esters is 1. The van der Waals surface area contributed by atoms with Gasteiger partial charge in [0.15, 0.2) is 0 Å². The number of benzene rings is 2. The van der Waals surface area contributed by atoms with E-state index >= 15 is 0 Å². The van der Waals surface area contributed by atoms with Crippen molar-refractivity contribution in [2.75, 3.05) is 23.0 Å². The molecule has 1 unspecified atom stereocenters. The van der Waals surface area contributed by atoms with Crippen LogP contribution < -0.4 is 21.1 Å². The highest BCUT2D eigenvalue weighted by Gasteiger charge is 2.33. The van der Waals surface area contributed by atoms with Gasteiger partial charge in [0.05, 0.1) is 33.5 Å². The number of rotatable bonds is 9. The Morgan fingerprint density at radius 1 is 1.22 bits per heavy atom. The molecule has 5 N–H and O–H groups in total. The van der Waals surface area contributed by atoms with E-state index in [4.69, 9.17) is 26.5 Å². The highest BCUT2D eigenvalue weighted by molar-refractivity contribution is 8.12. The molecule has 0 saturated heterocycles. The van der Waals surface area contributed by atoms with Crippen LogP contribution >= 0.6 is 23.5 Å². The zero-order chi connectivity index (χ0) is 27.2. The maximum Gasteiger partial charge on any atom is 0.311 e. The number of oxazole rings is 1. The Morgan fingerprint density at radius 2 is 1.97 bits per heavy atom. The molecule has 2 aromatic carbocycles. The van der Waals surface area contributed by atoms with Crippen molar-refractivity contribution >= 4 is 52.1 Å². The molecule has 0 aliphatic carbocycles. The first kappa shape index (κ1) is 28.3. The highest BCUT2D eigenvalue weighted by atomic mass is 35.5. The fourth-order valence-corrected chi connectivity index (χ4v) is 3.93. The number of nitrogens with one attached hydrogen (secondary N) is 3. The summed E-state index contributed by atoms with van der Waals surface area (Å²) in [7, 11) is 0. The van der Waals surface area contributed by atoms with Gasteiger partial charge in [-0.25, -0.2) is 14.1 Å². The molecular formula is C25H29ClFN5O4S. The minimum Gasteiger partial charge on any atom is -0.463 e. The fraction of sp³-hybridized carbons (Fsp3) is 0.320. The summed E-state index contributed by atoms with van der Waals surface area (Å²) in [5, 5.41) is 5.19. The largest absolute Gasteiger partial charge is 0.463 e. The minimum atomic E-state index is -1.08. The Morgan fingerprint density at radius 3 is 2.62 bits per heavy atom. The summed E-state index contributed by atoms with van der Waals surface area (Å²) in [5.41, 5.74) is 6.50. The average Bonchev–Trinajstić information content (AvgIpc) is 3.36. The molecule has 1 heterocycles. The van der Waals surface area contributed by atoms with E-state index in [1.54, 1.807) is 39.8 Å². The number of ether oxygens (including phenoxy) is 1. The standard InChI is InChI=1S/C25H29ClFN5O4S/c1-24(2,3)21(33)36-14-25(4,16-8-9-18(27)17(26)12-16)32-37-23(34)31-19-7-5-6-15(20(19)28)13-30-22-29-10-11-35-22/h5-12,32H,13-14,28H2,1-4H3,(H,29,30)(H,31,34). The van der Waals surface area contributed by atoms with Gasteiger partial charge in [0.25, 0.3) is 11.3 Å². The number of nitrogens with zero attached hydrogens (tertiary/aromatic N) is 1. The molecule has 37 heavy (non-hydrogen) atoms. The smallest absolute Gasteiger partial charge is 0.311 e. The number of halogens is 2. The summed E-state index contributed by atoms with van der Waals surface area (Å²) < 4.78 is 27.5. The number of nitrogens with two attached hydrogens (primary N) is 1. The summed E-state index contributed by atoms with van der Waals surface area (Å²) >= 11 is 6.73. The maximum absolute atomic E-state index is 13.8. The van der Waals surface area contributed by atoms with Crippen LogP contribution in [0.4, 0.5) is 26.6 Å². The lowest BCUT2D eigenvalue weighted by atomic mass is 9.93. The van der Waals surface area contributed by atoms with Crippen molar-refractivity contribution < 1.29 is 23.1 Å². The zero-order valence-electron chi connectivity index (χ0n) is 20.9. The van der Waals surface area contributed by atoms with Crippen molar-refractivity contribution in [2.45, 2.75) is 39.8 Å². The second kappa shape index (κ2) is 11.8. The molecule has 0 radical (unpaired) electrons. The number of aromatic nitrogens is 1. The van der Waals surface area contributed by atoms with Gasteiger partial charge in [-0.1, -0.05) is 29.8 Å². The summed E-state index contributed by atoms with van der Waals surface area (Å²) in [6, 6.07) is 9.74. The molecule has 1 atom stereocenters. The fourth-order valence-electron chi connectivity index (χ4n) is 3.09. The summed E-state index contributed by atoms with van der Waals surface area (Å²) in [4.78, 5) is 29.2. The molecule has 9 nitrogen and oxygen atoms in total. The van der Waals surface area contributed by atoms with E-state index in [2.05, 4.69) is 20.3 Å². The predicted molar refractivity (Wildman–Crippen MR) is 144 cm³/mol. The second-order valence-electron chi connectivity index (χ2n) is 9.47. The normalized spacial score (nSPS) is 13.0. The molecule has 198 valence electrons. The summed E-state index contributed by atoms with van der Waals surface area (Å²) in [5.74, 6) is -1.01. The van der Waals surface area contributed by atoms with Crippen LogP contribution in [0.5, 0.6) is 0 Å². The number of hydrogen-bond acceptors (Lipinski definition) is 9. The topological polar surface area (TPSA) is 132 Å². The van der Waals surface area contributed by atoms with E-state index in [1.165, 1.54) is 30.7 Å². The Labute approximate surface area is 223 Å². The van der Waals surface area contributed by atoms with E-state index in [1.807, 2.05) is 6.07 Å². The van der Waals surface area contributed by atoms with Crippen molar-refractivity contribution in [3.63, 3.8) is 0 Å². The van der Waals surface area contributed by atoms with Crippen LogP contribution in [0.1, 0.15) is 38.8 Å². The molecule has 3 rings (SSSR count). The molecule has 0 aliphatic heterocycles. The highest BCUT2D eigenvalue weighted by Crippen LogP contribution is 2.30. The lowest BCUT2D eigenvalue weighted by Gasteiger charge is -2.31. The van der Waals surface area contributed by atoms with Crippen LogP contribution in [0, 0.1) is 11.2 Å². The van der Waals surface area contributed by atoms with Crippen LogP contribution in [0.15, 0.2) is 53.3 Å². The predicted octanol–water partition coefficient (Wildman–Crippen LogP) is 5.94. The molecule has 0 saturated carbocycles. The van der Waals surface area contributed by atoms with Gasteiger partial charge in [0, 0.05) is 18.5 Å². The van der Waals surface area contributed by atoms with E-state index in [-0.39, 0.29) is 11.6 Å². The SMILES string of the molecule is CC(C)(C)C(=O)OCC(C)(NSC(=O)Nc1cccc(CNc2ncco2)c1N)c1ccc(F)c(Cl)c1. The number of amides is 1. The first-order valence-corrected chi connectivity index (χ1v) is 12.5. The van der Waals surface area contributed by atoms with Gasteiger partial charge in [-0.05, 0) is 57.0 Å².